The first-order valence-electron chi connectivity index (χ1n) is 7.54. The molecule has 24 heavy (non-hydrogen) atoms. The van der Waals surface area contributed by atoms with E-state index in [9.17, 15) is 9.18 Å². The van der Waals surface area contributed by atoms with E-state index in [4.69, 9.17) is 0 Å². The molecule has 0 aliphatic heterocycles. The van der Waals surface area contributed by atoms with Gasteiger partial charge in [-0.3, -0.25) is 4.79 Å². The molecule has 0 aliphatic carbocycles. The number of benzene rings is 1. The quantitative estimate of drug-likeness (QED) is 0.774. The summed E-state index contributed by atoms with van der Waals surface area (Å²) in [7, 11) is 0. The molecule has 3 aromatic rings. The summed E-state index contributed by atoms with van der Waals surface area (Å²) in [4.78, 5) is 16.7. The number of nitrogens with zero attached hydrogens (tertiary/aromatic N) is 3. The first-order chi connectivity index (χ1) is 11.5. The van der Waals surface area contributed by atoms with Gasteiger partial charge in [0.2, 0.25) is 0 Å². The van der Waals surface area contributed by atoms with E-state index in [1.807, 2.05) is 19.2 Å². The lowest BCUT2D eigenvalue weighted by molar-refractivity contribution is 0.0953. The average Bonchev–Trinajstić information content (AvgIpc) is 3.14. The molecule has 0 radical (unpaired) electrons. The summed E-state index contributed by atoms with van der Waals surface area (Å²) in [5.41, 5.74) is 2.92. The second-order valence-corrected chi connectivity index (χ2v) is 6.46. The number of aryl methyl sites for hydroxylation is 1. The number of nitrogens with one attached hydrogen (secondary N) is 1. The summed E-state index contributed by atoms with van der Waals surface area (Å²) >= 11 is 1.60. The third kappa shape index (κ3) is 3.51. The van der Waals surface area contributed by atoms with Crippen molar-refractivity contribution < 1.29 is 9.18 Å². The average molecular weight is 344 g/mol. The van der Waals surface area contributed by atoms with Gasteiger partial charge in [-0.15, -0.1) is 11.3 Å². The number of hydrogen-bond acceptors (Lipinski definition) is 4. The Balaban J connectivity index is 1.66. The van der Waals surface area contributed by atoms with Crippen LogP contribution in [0.25, 0.3) is 5.69 Å². The Morgan fingerprint density at radius 2 is 2.04 bits per heavy atom. The van der Waals surface area contributed by atoms with Crippen LogP contribution in [0.3, 0.4) is 0 Å². The number of aromatic nitrogens is 3. The number of carbonyl (C=O) groups excluding carboxylic acids is 1. The maximum Gasteiger partial charge on any atom is 0.254 e. The zero-order valence-corrected chi connectivity index (χ0v) is 14.2. The lowest BCUT2D eigenvalue weighted by atomic mass is 10.2. The number of rotatable bonds is 5. The monoisotopic (exact) mass is 344 g/mol. The highest BCUT2D eigenvalue weighted by Gasteiger charge is 2.15. The number of halogens is 1. The normalized spacial score (nSPS) is 10.8. The van der Waals surface area contributed by atoms with Crippen LogP contribution in [0.5, 0.6) is 0 Å². The van der Waals surface area contributed by atoms with Crippen LogP contribution in [-0.4, -0.2) is 27.2 Å². The minimum Gasteiger partial charge on any atom is -0.352 e. The van der Waals surface area contributed by atoms with Gasteiger partial charge in [0.15, 0.2) is 0 Å². The molecule has 0 spiro atoms. The minimum absolute atomic E-state index is 0.173. The van der Waals surface area contributed by atoms with Crippen molar-refractivity contribution in [2.75, 3.05) is 6.54 Å². The Morgan fingerprint density at radius 1 is 1.29 bits per heavy atom. The van der Waals surface area contributed by atoms with E-state index >= 15 is 0 Å². The fourth-order valence-electron chi connectivity index (χ4n) is 2.40. The van der Waals surface area contributed by atoms with Gasteiger partial charge in [0.25, 0.3) is 5.91 Å². The number of carbonyl (C=O) groups is 1. The lowest BCUT2D eigenvalue weighted by Crippen LogP contribution is -2.26. The first kappa shape index (κ1) is 16.3. The Labute approximate surface area is 143 Å². The highest BCUT2D eigenvalue weighted by Crippen LogP contribution is 2.15. The molecule has 0 aliphatic rings. The van der Waals surface area contributed by atoms with Crippen molar-refractivity contribution in [1.29, 1.82) is 0 Å². The van der Waals surface area contributed by atoms with Crippen LogP contribution in [0.4, 0.5) is 4.39 Å². The second kappa shape index (κ2) is 6.92. The largest absolute Gasteiger partial charge is 0.352 e. The van der Waals surface area contributed by atoms with Crippen molar-refractivity contribution in [3.05, 3.63) is 63.6 Å². The molecular weight excluding hydrogens is 327 g/mol. The molecular formula is C17H17FN4OS. The molecule has 1 aromatic carbocycles. The highest BCUT2D eigenvalue weighted by molar-refractivity contribution is 7.09. The molecule has 5 nitrogen and oxygen atoms in total. The van der Waals surface area contributed by atoms with Gasteiger partial charge in [-0.1, -0.05) is 0 Å². The van der Waals surface area contributed by atoms with Crippen LogP contribution < -0.4 is 5.32 Å². The predicted octanol–water partition coefficient (Wildman–Crippen LogP) is 3.06. The van der Waals surface area contributed by atoms with Gasteiger partial charge >= 0.3 is 0 Å². The van der Waals surface area contributed by atoms with Crippen LogP contribution in [-0.2, 0) is 6.42 Å². The van der Waals surface area contributed by atoms with Gasteiger partial charge in [0.05, 0.1) is 33.8 Å². The lowest BCUT2D eigenvalue weighted by Gasteiger charge is -2.06. The van der Waals surface area contributed by atoms with Crippen molar-refractivity contribution in [2.24, 2.45) is 0 Å². The van der Waals surface area contributed by atoms with Crippen molar-refractivity contribution in [2.45, 2.75) is 20.3 Å². The fraction of sp³-hybridized carbons (Fsp3) is 0.235. The van der Waals surface area contributed by atoms with E-state index in [2.05, 4.69) is 15.4 Å². The van der Waals surface area contributed by atoms with Crippen molar-refractivity contribution >= 4 is 17.2 Å². The van der Waals surface area contributed by atoms with E-state index < -0.39 is 0 Å². The van der Waals surface area contributed by atoms with Gasteiger partial charge in [0.1, 0.15) is 5.82 Å². The summed E-state index contributed by atoms with van der Waals surface area (Å²) in [5.74, 6) is -0.480. The molecule has 2 aromatic heterocycles. The zero-order valence-electron chi connectivity index (χ0n) is 13.4. The van der Waals surface area contributed by atoms with E-state index in [0.717, 1.165) is 10.7 Å². The summed E-state index contributed by atoms with van der Waals surface area (Å²) in [5, 5.41) is 10.1. The maximum absolute atomic E-state index is 13.0. The first-order valence-corrected chi connectivity index (χ1v) is 8.42. The Hall–Kier alpha value is -2.54. The molecule has 0 unspecified atom stereocenters. The summed E-state index contributed by atoms with van der Waals surface area (Å²) in [6.07, 6.45) is 2.22. The van der Waals surface area contributed by atoms with Crippen molar-refractivity contribution in [3.63, 3.8) is 0 Å². The number of hydrogen-bond donors (Lipinski definition) is 1. The summed E-state index contributed by atoms with van der Waals surface area (Å²) < 4.78 is 14.6. The van der Waals surface area contributed by atoms with Gasteiger partial charge < -0.3 is 5.32 Å². The molecule has 0 saturated carbocycles. The third-order valence-electron chi connectivity index (χ3n) is 3.66. The molecule has 1 N–H and O–H groups in total. The SMILES string of the molecule is Cc1nc(CCNC(=O)c2cnn(-c3ccc(F)cc3)c2C)cs1. The van der Waals surface area contributed by atoms with E-state index in [1.165, 1.54) is 18.3 Å². The predicted molar refractivity (Wildman–Crippen MR) is 91.1 cm³/mol. The van der Waals surface area contributed by atoms with E-state index in [1.54, 1.807) is 28.2 Å². The van der Waals surface area contributed by atoms with Crippen molar-refractivity contribution in [3.8, 4) is 5.69 Å². The summed E-state index contributed by atoms with van der Waals surface area (Å²) in [6.45, 7) is 4.29. The van der Waals surface area contributed by atoms with Crippen LogP contribution in [0, 0.1) is 19.7 Å². The second-order valence-electron chi connectivity index (χ2n) is 5.40. The molecule has 0 atom stereocenters. The molecule has 1 amide bonds. The topological polar surface area (TPSA) is 59.8 Å². The van der Waals surface area contributed by atoms with Crippen LogP contribution >= 0.6 is 11.3 Å². The fourth-order valence-corrected chi connectivity index (χ4v) is 3.04. The maximum atomic E-state index is 13.0. The third-order valence-corrected chi connectivity index (χ3v) is 4.48. The van der Waals surface area contributed by atoms with Crippen LogP contribution in [0.1, 0.15) is 26.8 Å². The standard InChI is InChI=1S/C17H17FN4OS/c1-11-16(9-20-22(11)15-5-3-13(18)4-6-15)17(23)19-8-7-14-10-24-12(2)21-14/h3-6,9-10H,7-8H2,1-2H3,(H,19,23). The minimum atomic E-state index is -0.307. The van der Waals surface area contributed by atoms with E-state index in [0.29, 0.717) is 29.9 Å². The molecule has 0 bridgehead atoms. The molecule has 124 valence electrons. The Bertz CT molecular complexity index is 854. The molecule has 2 heterocycles. The molecule has 7 heteroatoms. The van der Waals surface area contributed by atoms with Gasteiger partial charge in [0, 0.05) is 18.3 Å². The Kier molecular flexibility index (Phi) is 4.71. The molecule has 3 rings (SSSR count). The van der Waals surface area contributed by atoms with Crippen LogP contribution in [0.15, 0.2) is 35.8 Å². The molecule has 0 saturated heterocycles. The van der Waals surface area contributed by atoms with Crippen molar-refractivity contribution in [1.82, 2.24) is 20.1 Å². The number of amides is 1. The van der Waals surface area contributed by atoms with Gasteiger partial charge in [-0.2, -0.15) is 5.10 Å². The smallest absolute Gasteiger partial charge is 0.254 e. The number of thiazole rings is 1. The van der Waals surface area contributed by atoms with Gasteiger partial charge in [-0.25, -0.2) is 14.1 Å². The van der Waals surface area contributed by atoms with Gasteiger partial charge in [-0.05, 0) is 38.1 Å². The zero-order chi connectivity index (χ0) is 17.1. The summed E-state index contributed by atoms with van der Waals surface area (Å²) in [6, 6.07) is 5.99. The van der Waals surface area contributed by atoms with Crippen LogP contribution in [0.2, 0.25) is 0 Å². The van der Waals surface area contributed by atoms with E-state index in [-0.39, 0.29) is 11.7 Å². The molecule has 0 fully saturated rings. The Morgan fingerprint density at radius 3 is 2.71 bits per heavy atom. The highest BCUT2D eigenvalue weighted by atomic mass is 32.1.